The normalized spacial score (nSPS) is 11.6. The Morgan fingerprint density at radius 3 is 2.37 bits per heavy atom. The number of anilines is 1. The quantitative estimate of drug-likeness (QED) is 0.553. The summed E-state index contributed by atoms with van der Waals surface area (Å²) in [6, 6.07) is 13.1. The van der Waals surface area contributed by atoms with Gasteiger partial charge in [0.15, 0.2) is 11.6 Å². The molecule has 0 aliphatic heterocycles. The van der Waals surface area contributed by atoms with Crippen LogP contribution in [0.25, 0.3) is 0 Å². The Bertz CT molecular complexity index is 1040. The molecule has 0 aliphatic rings. The molecule has 0 radical (unpaired) electrons. The topological polar surface area (TPSA) is 103 Å². The van der Waals surface area contributed by atoms with Crippen LogP contribution < -0.4 is 14.8 Å². The molecule has 1 amide bonds. The van der Waals surface area contributed by atoms with Crippen LogP contribution in [0.3, 0.4) is 0 Å². The molecule has 0 spiro atoms. The molecule has 1 heterocycles. The second kappa shape index (κ2) is 9.23. The number of carbonyl (C=O) groups is 2. The van der Waals surface area contributed by atoms with E-state index in [4.69, 9.17) is 9.47 Å². The fraction of sp³-hybridized carbons (Fsp3) is 0.227. The molecule has 8 heteroatoms. The Balaban J connectivity index is 1.87. The zero-order valence-corrected chi connectivity index (χ0v) is 17.0. The van der Waals surface area contributed by atoms with Crippen molar-refractivity contribution < 1.29 is 24.2 Å². The van der Waals surface area contributed by atoms with E-state index in [1.165, 1.54) is 6.92 Å². The predicted octanol–water partition coefficient (Wildman–Crippen LogP) is 3.43. The van der Waals surface area contributed by atoms with Gasteiger partial charge in [0.25, 0.3) is 5.91 Å². The van der Waals surface area contributed by atoms with Crippen molar-refractivity contribution in [2.24, 2.45) is 7.05 Å². The smallest absolute Gasteiger partial charge is 0.257 e. The second-order valence-corrected chi connectivity index (χ2v) is 6.82. The summed E-state index contributed by atoms with van der Waals surface area (Å²) in [5.74, 6) is 1.25. The number of rotatable bonds is 8. The Hall–Kier alpha value is -3.65. The van der Waals surface area contributed by atoms with E-state index in [1.54, 1.807) is 73.4 Å². The molecule has 1 atom stereocenters. The first kappa shape index (κ1) is 21.1. The van der Waals surface area contributed by atoms with E-state index in [9.17, 15) is 14.7 Å². The molecule has 3 rings (SSSR count). The summed E-state index contributed by atoms with van der Waals surface area (Å²) in [7, 11) is 1.75. The van der Waals surface area contributed by atoms with Gasteiger partial charge >= 0.3 is 0 Å². The molecule has 3 aromatic rings. The molecular weight excluding hydrogens is 386 g/mol. The molecule has 2 aromatic carbocycles. The van der Waals surface area contributed by atoms with Crippen molar-refractivity contribution in [3.63, 3.8) is 0 Å². The molecule has 0 aliphatic carbocycles. The number of aryl methyl sites for hydroxylation is 1. The summed E-state index contributed by atoms with van der Waals surface area (Å²) in [6.07, 6.45) is 1.26. The zero-order chi connectivity index (χ0) is 21.7. The predicted molar refractivity (Wildman–Crippen MR) is 111 cm³/mol. The van der Waals surface area contributed by atoms with E-state index >= 15 is 0 Å². The monoisotopic (exact) mass is 409 g/mol. The highest BCUT2D eigenvalue weighted by molar-refractivity contribution is 6.04. The molecule has 0 unspecified atom stereocenters. The van der Waals surface area contributed by atoms with E-state index in [1.807, 2.05) is 0 Å². The second-order valence-electron chi connectivity index (χ2n) is 6.82. The van der Waals surface area contributed by atoms with Crippen molar-refractivity contribution in [3.8, 4) is 17.2 Å². The fourth-order valence-electron chi connectivity index (χ4n) is 2.66. The van der Waals surface area contributed by atoms with Crippen LogP contribution in [-0.2, 0) is 7.05 Å². The van der Waals surface area contributed by atoms with E-state index in [2.05, 4.69) is 10.4 Å². The van der Waals surface area contributed by atoms with Crippen LogP contribution in [0.1, 0.15) is 34.6 Å². The number of nitrogens with one attached hydrogen (secondary N) is 1. The standard InChI is InChI=1S/C22H23N3O5/c1-14(13-26)29-19-10-17(22(28)23-21-8-9-25(3)24-21)11-20(12-19)30-18-6-4-16(5-7-18)15(2)27/h4-12,14,26H,13H2,1-3H3,(H,23,24,28)/t14-/m0/s1. The van der Waals surface area contributed by atoms with Crippen molar-refractivity contribution in [3.05, 3.63) is 65.9 Å². The Morgan fingerprint density at radius 1 is 1.07 bits per heavy atom. The number of benzene rings is 2. The number of nitrogens with zero attached hydrogens (tertiary/aromatic N) is 2. The number of ether oxygens (including phenoxy) is 2. The van der Waals surface area contributed by atoms with Crippen LogP contribution in [0.15, 0.2) is 54.7 Å². The minimum absolute atomic E-state index is 0.0385. The average molecular weight is 409 g/mol. The van der Waals surface area contributed by atoms with Gasteiger partial charge in [-0.05, 0) is 50.2 Å². The fourth-order valence-corrected chi connectivity index (χ4v) is 2.66. The maximum absolute atomic E-state index is 12.7. The number of carbonyl (C=O) groups excluding carboxylic acids is 2. The van der Waals surface area contributed by atoms with Gasteiger partial charge in [0.2, 0.25) is 0 Å². The van der Waals surface area contributed by atoms with E-state index in [0.29, 0.717) is 34.2 Å². The van der Waals surface area contributed by atoms with Crippen molar-refractivity contribution in [2.45, 2.75) is 20.0 Å². The largest absolute Gasteiger partial charge is 0.488 e. The molecule has 0 saturated carbocycles. The summed E-state index contributed by atoms with van der Waals surface area (Å²) >= 11 is 0. The molecule has 156 valence electrons. The Morgan fingerprint density at radius 2 is 1.77 bits per heavy atom. The van der Waals surface area contributed by atoms with Gasteiger partial charge in [0.05, 0.1) is 6.61 Å². The highest BCUT2D eigenvalue weighted by atomic mass is 16.5. The third-order valence-electron chi connectivity index (χ3n) is 4.19. The zero-order valence-electron chi connectivity index (χ0n) is 17.0. The Kier molecular flexibility index (Phi) is 6.48. The number of Topliss-reactive ketones (excluding diaryl/α,β-unsaturated/α-hetero) is 1. The number of amides is 1. The van der Waals surface area contributed by atoms with Gasteiger partial charge in [-0.25, -0.2) is 0 Å². The third kappa shape index (κ3) is 5.45. The summed E-state index contributed by atoms with van der Waals surface area (Å²) in [5, 5.41) is 16.1. The molecule has 8 nitrogen and oxygen atoms in total. The number of aliphatic hydroxyl groups excluding tert-OH is 1. The van der Waals surface area contributed by atoms with Crippen LogP contribution in [-0.4, -0.2) is 39.3 Å². The number of hydrogen-bond donors (Lipinski definition) is 2. The lowest BCUT2D eigenvalue weighted by molar-refractivity contribution is 0.101. The minimum atomic E-state index is -0.457. The lowest BCUT2D eigenvalue weighted by Crippen LogP contribution is -2.17. The van der Waals surface area contributed by atoms with Crippen LogP contribution in [0.5, 0.6) is 17.2 Å². The summed E-state index contributed by atoms with van der Waals surface area (Å²) in [6.45, 7) is 3.03. The molecule has 2 N–H and O–H groups in total. The van der Waals surface area contributed by atoms with Crippen LogP contribution in [0, 0.1) is 0 Å². The summed E-state index contributed by atoms with van der Waals surface area (Å²) in [4.78, 5) is 24.1. The minimum Gasteiger partial charge on any atom is -0.488 e. The third-order valence-corrected chi connectivity index (χ3v) is 4.19. The molecule has 0 fully saturated rings. The molecule has 1 aromatic heterocycles. The van der Waals surface area contributed by atoms with Crippen molar-refractivity contribution in [2.75, 3.05) is 11.9 Å². The van der Waals surface area contributed by atoms with Gasteiger partial charge in [-0.3, -0.25) is 14.3 Å². The lowest BCUT2D eigenvalue weighted by Gasteiger charge is -2.15. The van der Waals surface area contributed by atoms with Gasteiger partial charge < -0.3 is 19.9 Å². The van der Waals surface area contributed by atoms with Gasteiger partial charge in [-0.15, -0.1) is 0 Å². The highest BCUT2D eigenvalue weighted by Crippen LogP contribution is 2.29. The molecule has 30 heavy (non-hydrogen) atoms. The maximum atomic E-state index is 12.7. The van der Waals surface area contributed by atoms with Crippen molar-refractivity contribution in [1.82, 2.24) is 9.78 Å². The van der Waals surface area contributed by atoms with Crippen molar-refractivity contribution in [1.29, 1.82) is 0 Å². The number of aliphatic hydroxyl groups is 1. The van der Waals surface area contributed by atoms with Gasteiger partial charge in [-0.2, -0.15) is 5.10 Å². The highest BCUT2D eigenvalue weighted by Gasteiger charge is 2.14. The first-order chi connectivity index (χ1) is 14.3. The summed E-state index contributed by atoms with van der Waals surface area (Å²) in [5.41, 5.74) is 0.880. The maximum Gasteiger partial charge on any atom is 0.257 e. The molecule has 0 bridgehead atoms. The van der Waals surface area contributed by atoms with Gasteiger partial charge in [0.1, 0.15) is 23.4 Å². The lowest BCUT2D eigenvalue weighted by atomic mass is 10.1. The average Bonchev–Trinajstić information content (AvgIpc) is 3.12. The first-order valence-corrected chi connectivity index (χ1v) is 9.36. The number of aromatic nitrogens is 2. The van der Waals surface area contributed by atoms with Gasteiger partial charge in [-0.1, -0.05) is 0 Å². The molecular formula is C22H23N3O5. The number of ketones is 1. The Labute approximate surface area is 174 Å². The number of hydrogen-bond acceptors (Lipinski definition) is 6. The SMILES string of the molecule is CC(=O)c1ccc(Oc2cc(O[C@@H](C)CO)cc(C(=O)Nc3ccn(C)n3)c2)cc1. The first-order valence-electron chi connectivity index (χ1n) is 9.36. The van der Waals surface area contributed by atoms with Gasteiger partial charge in [0, 0.05) is 36.5 Å². The van der Waals surface area contributed by atoms with Crippen LogP contribution in [0.2, 0.25) is 0 Å². The van der Waals surface area contributed by atoms with E-state index in [-0.39, 0.29) is 18.3 Å². The van der Waals surface area contributed by atoms with Crippen LogP contribution >= 0.6 is 0 Å². The van der Waals surface area contributed by atoms with Crippen LogP contribution in [0.4, 0.5) is 5.82 Å². The molecule has 0 saturated heterocycles. The summed E-state index contributed by atoms with van der Waals surface area (Å²) < 4.78 is 13.1. The van der Waals surface area contributed by atoms with E-state index < -0.39 is 6.10 Å². The van der Waals surface area contributed by atoms with Crippen molar-refractivity contribution >= 4 is 17.5 Å². The van der Waals surface area contributed by atoms with E-state index in [0.717, 1.165) is 0 Å².